The van der Waals surface area contributed by atoms with Crippen molar-refractivity contribution < 1.29 is 9.59 Å². The van der Waals surface area contributed by atoms with Gasteiger partial charge in [-0.2, -0.15) is 0 Å². The fourth-order valence-electron chi connectivity index (χ4n) is 4.43. The van der Waals surface area contributed by atoms with E-state index in [9.17, 15) is 9.59 Å². The number of rotatable bonds is 2. The zero-order valence-corrected chi connectivity index (χ0v) is 14.5. The first-order valence-corrected chi connectivity index (χ1v) is 9.15. The maximum Gasteiger partial charge on any atom is 0.273 e. The first-order valence-electron chi connectivity index (χ1n) is 9.15. The summed E-state index contributed by atoms with van der Waals surface area (Å²) in [5.41, 5.74) is 0.525. The predicted octanol–water partition coefficient (Wildman–Crippen LogP) is 2.85. The molecule has 1 aromatic heterocycles. The number of likely N-dealkylation sites (tertiary alicyclic amines) is 2. The lowest BCUT2D eigenvalue weighted by atomic mass is 10.0. The Labute approximate surface area is 147 Å². The fraction of sp³-hybridized carbons (Fsp3) is 0.450. The van der Waals surface area contributed by atoms with Gasteiger partial charge in [-0.15, -0.1) is 0 Å². The third-order valence-electron chi connectivity index (χ3n) is 5.60. The van der Waals surface area contributed by atoms with Crippen LogP contribution in [0.1, 0.15) is 43.1 Å². The number of fused-ring (bicyclic) bond motifs is 2. The van der Waals surface area contributed by atoms with Gasteiger partial charge in [0.15, 0.2) is 0 Å². The standard InChI is InChI=1S/C20H23N3O2/c1-2-22-17-11-13-23(16(17)8-5-9-18(22)24)20(25)19-15-7-4-3-6-14(15)10-12-21-19/h3-4,6-7,10,12,16-17H,2,5,8-9,11,13H2,1H3/t16-,17-/m1/s1. The summed E-state index contributed by atoms with van der Waals surface area (Å²) >= 11 is 0. The molecule has 0 spiro atoms. The van der Waals surface area contributed by atoms with Crippen molar-refractivity contribution >= 4 is 22.6 Å². The number of hydrogen-bond acceptors (Lipinski definition) is 3. The van der Waals surface area contributed by atoms with Gasteiger partial charge in [0.1, 0.15) is 5.69 Å². The van der Waals surface area contributed by atoms with E-state index in [0.29, 0.717) is 25.2 Å². The van der Waals surface area contributed by atoms with Crippen molar-refractivity contribution in [2.75, 3.05) is 13.1 Å². The molecule has 2 fully saturated rings. The molecule has 0 unspecified atom stereocenters. The summed E-state index contributed by atoms with van der Waals surface area (Å²) in [5, 5.41) is 1.93. The Bertz CT molecular complexity index is 814. The Morgan fingerprint density at radius 2 is 2.04 bits per heavy atom. The Balaban J connectivity index is 1.68. The summed E-state index contributed by atoms with van der Waals surface area (Å²) in [6, 6.07) is 10.1. The number of pyridine rings is 1. The number of amides is 2. The van der Waals surface area contributed by atoms with E-state index in [0.717, 1.165) is 30.0 Å². The van der Waals surface area contributed by atoms with Gasteiger partial charge in [-0.3, -0.25) is 14.6 Å². The van der Waals surface area contributed by atoms with Crippen molar-refractivity contribution in [2.24, 2.45) is 0 Å². The molecule has 2 amide bonds. The minimum absolute atomic E-state index is 0.00491. The topological polar surface area (TPSA) is 53.5 Å². The largest absolute Gasteiger partial charge is 0.338 e. The van der Waals surface area contributed by atoms with Crippen LogP contribution in [0.4, 0.5) is 0 Å². The molecule has 3 heterocycles. The van der Waals surface area contributed by atoms with Crippen LogP contribution in [0.15, 0.2) is 36.5 Å². The molecule has 0 aliphatic carbocycles. The van der Waals surface area contributed by atoms with Crippen molar-refractivity contribution in [3.8, 4) is 0 Å². The molecule has 0 bridgehead atoms. The van der Waals surface area contributed by atoms with E-state index in [2.05, 4.69) is 4.98 Å². The third-order valence-corrected chi connectivity index (χ3v) is 5.60. The van der Waals surface area contributed by atoms with Gasteiger partial charge < -0.3 is 9.80 Å². The Kier molecular flexibility index (Phi) is 4.15. The van der Waals surface area contributed by atoms with E-state index >= 15 is 0 Å². The van der Waals surface area contributed by atoms with Crippen LogP contribution in [0.2, 0.25) is 0 Å². The van der Waals surface area contributed by atoms with Gasteiger partial charge in [0, 0.05) is 31.1 Å². The van der Waals surface area contributed by atoms with Crippen LogP contribution in [0.3, 0.4) is 0 Å². The Morgan fingerprint density at radius 1 is 1.20 bits per heavy atom. The zero-order valence-electron chi connectivity index (χ0n) is 14.5. The van der Waals surface area contributed by atoms with Gasteiger partial charge in [0.25, 0.3) is 5.91 Å². The molecule has 4 rings (SSSR count). The molecule has 5 nitrogen and oxygen atoms in total. The van der Waals surface area contributed by atoms with Crippen LogP contribution in [0.5, 0.6) is 0 Å². The van der Waals surface area contributed by atoms with Gasteiger partial charge >= 0.3 is 0 Å². The summed E-state index contributed by atoms with van der Waals surface area (Å²) < 4.78 is 0. The van der Waals surface area contributed by atoms with Crippen molar-refractivity contribution in [3.63, 3.8) is 0 Å². The van der Waals surface area contributed by atoms with E-state index in [-0.39, 0.29) is 23.9 Å². The number of benzene rings is 1. The van der Waals surface area contributed by atoms with E-state index in [4.69, 9.17) is 0 Å². The van der Waals surface area contributed by atoms with Crippen LogP contribution in [-0.4, -0.2) is 51.8 Å². The van der Waals surface area contributed by atoms with Crippen molar-refractivity contribution in [1.82, 2.24) is 14.8 Å². The number of carbonyl (C=O) groups excluding carboxylic acids is 2. The summed E-state index contributed by atoms with van der Waals surface area (Å²) in [5.74, 6) is 0.224. The van der Waals surface area contributed by atoms with E-state index in [1.54, 1.807) is 6.20 Å². The number of hydrogen-bond donors (Lipinski definition) is 0. The lowest BCUT2D eigenvalue weighted by Gasteiger charge is -2.32. The summed E-state index contributed by atoms with van der Waals surface area (Å²) in [6.45, 7) is 3.44. The molecular formula is C20H23N3O2. The number of nitrogens with zero attached hydrogens (tertiary/aromatic N) is 3. The zero-order chi connectivity index (χ0) is 17.4. The monoisotopic (exact) mass is 337 g/mol. The molecule has 0 N–H and O–H groups in total. The normalized spacial score (nSPS) is 23.6. The maximum absolute atomic E-state index is 13.3. The van der Waals surface area contributed by atoms with Crippen LogP contribution in [0, 0.1) is 0 Å². The minimum atomic E-state index is -0.00491. The first-order chi connectivity index (χ1) is 12.2. The van der Waals surface area contributed by atoms with Gasteiger partial charge in [0.05, 0.1) is 12.1 Å². The molecule has 1 aromatic carbocycles. The van der Waals surface area contributed by atoms with E-state index in [1.807, 2.05) is 47.1 Å². The van der Waals surface area contributed by atoms with Crippen molar-refractivity contribution in [1.29, 1.82) is 0 Å². The average Bonchev–Trinajstić information content (AvgIpc) is 2.98. The second-order valence-electron chi connectivity index (χ2n) is 6.87. The quantitative estimate of drug-likeness (QED) is 0.847. The van der Waals surface area contributed by atoms with Gasteiger partial charge in [-0.25, -0.2) is 0 Å². The van der Waals surface area contributed by atoms with Crippen molar-refractivity contribution in [2.45, 2.75) is 44.7 Å². The third kappa shape index (κ3) is 2.68. The lowest BCUT2D eigenvalue weighted by Crippen LogP contribution is -2.47. The minimum Gasteiger partial charge on any atom is -0.338 e. The molecule has 25 heavy (non-hydrogen) atoms. The molecule has 2 aromatic rings. The van der Waals surface area contributed by atoms with Crippen LogP contribution < -0.4 is 0 Å². The van der Waals surface area contributed by atoms with E-state index in [1.165, 1.54) is 0 Å². The number of aromatic nitrogens is 1. The van der Waals surface area contributed by atoms with E-state index < -0.39 is 0 Å². The van der Waals surface area contributed by atoms with Crippen LogP contribution >= 0.6 is 0 Å². The number of likely N-dealkylation sites (N-methyl/N-ethyl adjacent to an activating group) is 1. The lowest BCUT2D eigenvalue weighted by molar-refractivity contribution is -0.132. The highest BCUT2D eigenvalue weighted by Crippen LogP contribution is 2.32. The second-order valence-corrected chi connectivity index (χ2v) is 6.87. The molecule has 5 heteroatoms. The molecule has 130 valence electrons. The molecule has 2 aliphatic heterocycles. The first kappa shape index (κ1) is 16.1. The van der Waals surface area contributed by atoms with Crippen LogP contribution in [-0.2, 0) is 4.79 Å². The fourth-order valence-corrected chi connectivity index (χ4v) is 4.43. The highest BCUT2D eigenvalue weighted by atomic mass is 16.2. The molecule has 0 radical (unpaired) electrons. The second kappa shape index (κ2) is 6.47. The number of carbonyl (C=O) groups is 2. The smallest absolute Gasteiger partial charge is 0.273 e. The van der Waals surface area contributed by atoms with Gasteiger partial charge in [-0.1, -0.05) is 24.3 Å². The summed E-state index contributed by atoms with van der Waals surface area (Å²) in [4.78, 5) is 33.9. The molecule has 2 atom stereocenters. The summed E-state index contributed by atoms with van der Waals surface area (Å²) in [6.07, 6.45) is 4.90. The molecule has 0 saturated carbocycles. The Morgan fingerprint density at radius 3 is 2.88 bits per heavy atom. The predicted molar refractivity (Wildman–Crippen MR) is 96.2 cm³/mol. The van der Waals surface area contributed by atoms with Crippen LogP contribution in [0.25, 0.3) is 10.8 Å². The molecular weight excluding hydrogens is 314 g/mol. The summed E-state index contributed by atoms with van der Waals surface area (Å²) in [7, 11) is 0. The highest BCUT2D eigenvalue weighted by molar-refractivity contribution is 6.05. The molecule has 2 aliphatic rings. The average molecular weight is 337 g/mol. The molecule has 2 saturated heterocycles. The highest BCUT2D eigenvalue weighted by Gasteiger charge is 2.43. The maximum atomic E-state index is 13.3. The van der Waals surface area contributed by atoms with Gasteiger partial charge in [0.2, 0.25) is 5.91 Å². The Hall–Kier alpha value is -2.43. The SMILES string of the molecule is CCN1C(=O)CCC[C@@H]2[C@H]1CCN2C(=O)c1nccc2ccccc12. The van der Waals surface area contributed by atoms with Gasteiger partial charge in [-0.05, 0) is 37.6 Å². The van der Waals surface area contributed by atoms with Crippen molar-refractivity contribution in [3.05, 3.63) is 42.2 Å².